The van der Waals surface area contributed by atoms with E-state index >= 15 is 0 Å². The van der Waals surface area contributed by atoms with Crippen LogP contribution in [0.3, 0.4) is 0 Å². The van der Waals surface area contributed by atoms with Gasteiger partial charge in [-0.05, 0) is 34.4 Å². The standard InChI is InChI=1S/C14H16S2/c1-3-15-13-9-5-8-12-11(13)7-6-10-14(12)16-4-2/h5-10H,3-4H2,1-2H3. The zero-order chi connectivity index (χ0) is 11.4. The third kappa shape index (κ3) is 2.38. The fourth-order valence-electron chi connectivity index (χ4n) is 1.82. The molecule has 0 N–H and O–H groups in total. The Balaban J connectivity index is 2.57. The van der Waals surface area contributed by atoms with Crippen LogP contribution < -0.4 is 0 Å². The predicted molar refractivity (Wildman–Crippen MR) is 76.7 cm³/mol. The first-order valence-corrected chi connectivity index (χ1v) is 7.61. The average molecular weight is 248 g/mol. The van der Waals surface area contributed by atoms with Gasteiger partial charge < -0.3 is 0 Å². The Kier molecular flexibility index (Phi) is 4.19. The van der Waals surface area contributed by atoms with E-state index in [-0.39, 0.29) is 0 Å². The van der Waals surface area contributed by atoms with E-state index in [9.17, 15) is 0 Å². The minimum atomic E-state index is 1.13. The molecule has 0 aliphatic carbocycles. The molecule has 0 atom stereocenters. The lowest BCUT2D eigenvalue weighted by molar-refractivity contribution is 1.44. The van der Waals surface area contributed by atoms with Crippen molar-refractivity contribution in [2.45, 2.75) is 23.6 Å². The first-order chi connectivity index (χ1) is 7.86. The van der Waals surface area contributed by atoms with Crippen LogP contribution in [0.25, 0.3) is 10.8 Å². The van der Waals surface area contributed by atoms with Gasteiger partial charge >= 0.3 is 0 Å². The van der Waals surface area contributed by atoms with Crippen molar-refractivity contribution >= 4 is 34.3 Å². The van der Waals surface area contributed by atoms with E-state index in [1.807, 2.05) is 23.5 Å². The minimum Gasteiger partial charge on any atom is -0.126 e. The summed E-state index contributed by atoms with van der Waals surface area (Å²) in [6, 6.07) is 13.2. The molecule has 0 aliphatic heterocycles. The Morgan fingerprint density at radius 2 is 1.19 bits per heavy atom. The molecule has 0 bridgehead atoms. The quantitative estimate of drug-likeness (QED) is 0.693. The van der Waals surface area contributed by atoms with E-state index in [4.69, 9.17) is 0 Å². The van der Waals surface area contributed by atoms with Crippen LogP contribution in [0, 0.1) is 0 Å². The number of benzene rings is 2. The van der Waals surface area contributed by atoms with Crippen molar-refractivity contribution in [1.29, 1.82) is 0 Å². The molecule has 0 amide bonds. The molecule has 0 spiro atoms. The van der Waals surface area contributed by atoms with E-state index < -0.39 is 0 Å². The molecule has 2 heteroatoms. The van der Waals surface area contributed by atoms with Gasteiger partial charge in [0.25, 0.3) is 0 Å². The lowest BCUT2D eigenvalue weighted by Gasteiger charge is -2.08. The van der Waals surface area contributed by atoms with Gasteiger partial charge in [0, 0.05) is 9.79 Å². The summed E-state index contributed by atoms with van der Waals surface area (Å²) in [5.74, 6) is 2.26. The number of rotatable bonds is 4. The highest BCUT2D eigenvalue weighted by atomic mass is 32.2. The van der Waals surface area contributed by atoms with E-state index in [0.29, 0.717) is 0 Å². The molecule has 84 valence electrons. The van der Waals surface area contributed by atoms with Crippen LogP contribution in [0.1, 0.15) is 13.8 Å². The van der Waals surface area contributed by atoms with Crippen molar-refractivity contribution in [3.8, 4) is 0 Å². The van der Waals surface area contributed by atoms with E-state index in [2.05, 4.69) is 50.2 Å². The average Bonchev–Trinajstić information content (AvgIpc) is 2.31. The van der Waals surface area contributed by atoms with Crippen LogP contribution in [0.2, 0.25) is 0 Å². The van der Waals surface area contributed by atoms with E-state index in [0.717, 1.165) is 11.5 Å². The molecule has 2 aromatic carbocycles. The summed E-state index contributed by atoms with van der Waals surface area (Å²) >= 11 is 3.84. The zero-order valence-electron chi connectivity index (χ0n) is 9.69. The number of hydrogen-bond acceptors (Lipinski definition) is 2. The minimum absolute atomic E-state index is 1.13. The maximum absolute atomic E-state index is 2.23. The molecule has 16 heavy (non-hydrogen) atoms. The Hall–Kier alpha value is -0.600. The summed E-state index contributed by atoms with van der Waals surface area (Å²) in [5, 5.41) is 2.79. The highest BCUT2D eigenvalue weighted by Crippen LogP contribution is 2.33. The topological polar surface area (TPSA) is 0 Å². The number of thioether (sulfide) groups is 2. The Morgan fingerprint density at radius 1 is 0.750 bits per heavy atom. The van der Waals surface area contributed by atoms with Gasteiger partial charge in [-0.25, -0.2) is 0 Å². The lowest BCUT2D eigenvalue weighted by atomic mass is 10.1. The first kappa shape index (κ1) is 11.9. The third-order valence-corrected chi connectivity index (χ3v) is 4.35. The monoisotopic (exact) mass is 248 g/mol. The van der Waals surface area contributed by atoms with Crippen molar-refractivity contribution in [3.63, 3.8) is 0 Å². The van der Waals surface area contributed by atoms with Crippen LogP contribution in [-0.2, 0) is 0 Å². The van der Waals surface area contributed by atoms with Crippen molar-refractivity contribution in [3.05, 3.63) is 36.4 Å². The predicted octanol–water partition coefficient (Wildman–Crippen LogP) is 5.06. The summed E-state index contributed by atoms with van der Waals surface area (Å²) in [7, 11) is 0. The van der Waals surface area contributed by atoms with Gasteiger partial charge in [0.2, 0.25) is 0 Å². The lowest BCUT2D eigenvalue weighted by Crippen LogP contribution is -1.82. The molecule has 0 aromatic heterocycles. The Bertz CT molecular complexity index is 432. The van der Waals surface area contributed by atoms with Gasteiger partial charge in [-0.1, -0.05) is 38.1 Å². The molecule has 0 radical (unpaired) electrons. The van der Waals surface area contributed by atoms with Crippen LogP contribution in [0.15, 0.2) is 46.2 Å². The number of fused-ring (bicyclic) bond motifs is 1. The third-order valence-electron chi connectivity index (χ3n) is 2.44. The van der Waals surface area contributed by atoms with Crippen molar-refractivity contribution < 1.29 is 0 Å². The summed E-state index contributed by atoms with van der Waals surface area (Å²) in [6.07, 6.45) is 0. The van der Waals surface area contributed by atoms with Crippen molar-refractivity contribution in [2.75, 3.05) is 11.5 Å². The second kappa shape index (κ2) is 5.65. The SMILES string of the molecule is CCSc1cccc2c(SCC)cccc12. The normalized spacial score (nSPS) is 10.9. The van der Waals surface area contributed by atoms with Crippen LogP contribution >= 0.6 is 23.5 Å². The highest BCUT2D eigenvalue weighted by molar-refractivity contribution is 7.99. The zero-order valence-corrected chi connectivity index (χ0v) is 11.3. The highest BCUT2D eigenvalue weighted by Gasteiger charge is 2.04. The van der Waals surface area contributed by atoms with Gasteiger partial charge in [0.15, 0.2) is 0 Å². The smallest absolute Gasteiger partial charge is 0.0151 e. The Morgan fingerprint density at radius 3 is 1.56 bits per heavy atom. The first-order valence-electron chi connectivity index (χ1n) is 5.64. The van der Waals surface area contributed by atoms with E-state index in [1.165, 1.54) is 20.6 Å². The molecular formula is C14H16S2. The summed E-state index contributed by atoms with van der Waals surface area (Å²) < 4.78 is 0. The van der Waals surface area contributed by atoms with Gasteiger partial charge in [-0.2, -0.15) is 0 Å². The largest absolute Gasteiger partial charge is 0.126 e. The molecule has 0 nitrogen and oxygen atoms in total. The molecule has 0 heterocycles. The molecule has 2 aromatic rings. The summed E-state index contributed by atoms with van der Waals surface area (Å²) in [5.41, 5.74) is 0. The molecule has 0 aliphatic rings. The molecule has 0 saturated heterocycles. The number of hydrogen-bond donors (Lipinski definition) is 0. The second-order valence-electron chi connectivity index (χ2n) is 3.47. The van der Waals surface area contributed by atoms with E-state index in [1.54, 1.807) is 0 Å². The maximum Gasteiger partial charge on any atom is 0.0151 e. The fourth-order valence-corrected chi connectivity index (χ4v) is 3.45. The maximum atomic E-state index is 2.23. The van der Waals surface area contributed by atoms with Crippen molar-refractivity contribution in [2.24, 2.45) is 0 Å². The molecular weight excluding hydrogens is 232 g/mol. The summed E-state index contributed by atoms with van der Waals surface area (Å²) in [4.78, 5) is 2.80. The second-order valence-corrected chi connectivity index (χ2v) is 6.09. The fraction of sp³-hybridized carbons (Fsp3) is 0.286. The molecule has 0 fully saturated rings. The molecule has 0 saturated carbocycles. The molecule has 2 rings (SSSR count). The summed E-state index contributed by atoms with van der Waals surface area (Å²) in [6.45, 7) is 4.41. The van der Waals surface area contributed by atoms with Gasteiger partial charge in [0.05, 0.1) is 0 Å². The van der Waals surface area contributed by atoms with Crippen LogP contribution in [0.4, 0.5) is 0 Å². The van der Waals surface area contributed by atoms with Gasteiger partial charge in [0.1, 0.15) is 0 Å². The van der Waals surface area contributed by atoms with Gasteiger partial charge in [-0.15, -0.1) is 23.5 Å². The van der Waals surface area contributed by atoms with Crippen molar-refractivity contribution in [1.82, 2.24) is 0 Å². The van der Waals surface area contributed by atoms with Crippen LogP contribution in [-0.4, -0.2) is 11.5 Å². The van der Waals surface area contributed by atoms with Crippen LogP contribution in [0.5, 0.6) is 0 Å². The molecule has 0 unspecified atom stereocenters. The Labute approximate surface area is 106 Å². The van der Waals surface area contributed by atoms with Gasteiger partial charge in [-0.3, -0.25) is 0 Å².